The molecule has 2 aromatic rings. The average molecular weight is 452 g/mol. The predicted octanol–water partition coefficient (Wildman–Crippen LogP) is 2.94. The van der Waals surface area contributed by atoms with E-state index in [0.29, 0.717) is 5.56 Å². The molecule has 0 heterocycles. The molecular formula is C21H16N4O8. The molecule has 0 atom stereocenters. The first-order valence-electron chi connectivity index (χ1n) is 9.05. The number of hydrogen-bond acceptors (Lipinski definition) is 9. The first-order chi connectivity index (χ1) is 15.7. The van der Waals surface area contributed by atoms with E-state index in [0.717, 1.165) is 18.2 Å². The lowest BCUT2D eigenvalue weighted by molar-refractivity contribution is -0.394. The van der Waals surface area contributed by atoms with Crippen LogP contribution >= 0.6 is 0 Å². The normalized spacial score (nSPS) is 10.5. The molecule has 0 spiro atoms. The number of rotatable bonds is 9. The number of esters is 1. The zero-order valence-corrected chi connectivity index (χ0v) is 17.1. The van der Waals surface area contributed by atoms with E-state index in [4.69, 9.17) is 9.47 Å². The lowest BCUT2D eigenvalue weighted by Crippen LogP contribution is -2.24. The summed E-state index contributed by atoms with van der Waals surface area (Å²) in [6, 6.07) is 8.31. The number of benzene rings is 2. The smallest absolute Gasteiger partial charge is 0.344 e. The van der Waals surface area contributed by atoms with Crippen LogP contribution in [0.2, 0.25) is 0 Å². The molecule has 2 aromatic carbocycles. The van der Waals surface area contributed by atoms with Gasteiger partial charge in [-0.1, -0.05) is 12.1 Å². The molecule has 0 saturated carbocycles. The number of nitro groups is 2. The molecule has 0 saturated heterocycles. The highest BCUT2D eigenvalue weighted by molar-refractivity contribution is 6.01. The number of methoxy groups -OCH3 is 1. The Hall–Kier alpha value is -5.05. The quantitative estimate of drug-likeness (QED) is 0.114. The van der Waals surface area contributed by atoms with Crippen molar-refractivity contribution >= 4 is 29.3 Å². The molecule has 0 radical (unpaired) electrons. The summed E-state index contributed by atoms with van der Waals surface area (Å²) in [7, 11) is 1.28. The summed E-state index contributed by atoms with van der Waals surface area (Å²) in [6.07, 6.45) is 2.74. The molecule has 1 N–H and O–H groups in total. The third-order valence-corrected chi connectivity index (χ3v) is 4.03. The Morgan fingerprint density at radius 3 is 2.27 bits per heavy atom. The van der Waals surface area contributed by atoms with Gasteiger partial charge in [0.25, 0.3) is 17.3 Å². The molecule has 12 heteroatoms. The first-order valence-corrected chi connectivity index (χ1v) is 9.05. The molecule has 0 aliphatic rings. The topological polar surface area (TPSA) is 175 Å². The van der Waals surface area contributed by atoms with Crippen molar-refractivity contribution < 1.29 is 28.9 Å². The molecule has 0 bridgehead atoms. The third kappa shape index (κ3) is 6.22. The van der Waals surface area contributed by atoms with Gasteiger partial charge in [-0.2, -0.15) is 5.26 Å². The van der Waals surface area contributed by atoms with Crippen molar-refractivity contribution in [2.75, 3.05) is 13.7 Å². The van der Waals surface area contributed by atoms with E-state index in [9.17, 15) is 35.1 Å². The van der Waals surface area contributed by atoms with Gasteiger partial charge in [0.05, 0.1) is 28.6 Å². The van der Waals surface area contributed by atoms with E-state index in [-0.39, 0.29) is 23.6 Å². The summed E-state index contributed by atoms with van der Waals surface area (Å²) in [4.78, 5) is 44.7. The maximum atomic E-state index is 12.5. The van der Waals surface area contributed by atoms with Crippen LogP contribution < -0.4 is 14.8 Å². The summed E-state index contributed by atoms with van der Waals surface area (Å²) < 4.78 is 10.4. The van der Waals surface area contributed by atoms with Gasteiger partial charge in [0, 0.05) is 18.7 Å². The van der Waals surface area contributed by atoms with Crippen LogP contribution in [-0.4, -0.2) is 35.4 Å². The number of nitrogens with one attached hydrogen (secondary N) is 1. The monoisotopic (exact) mass is 452 g/mol. The molecule has 0 fully saturated rings. The zero-order chi connectivity index (χ0) is 24.5. The molecule has 0 aromatic heterocycles. The summed E-state index contributed by atoms with van der Waals surface area (Å²) in [5, 5.41) is 33.7. The van der Waals surface area contributed by atoms with Crippen LogP contribution in [0.25, 0.3) is 6.08 Å². The van der Waals surface area contributed by atoms with E-state index < -0.39 is 38.7 Å². The molecule has 168 valence electrons. The standard InChI is InChI=1S/C21H16N4O8/c1-3-6-23-20(26)15(12-22)7-13-4-5-18(19(8-13)32-2)33-21(27)14-9-16(24(28)29)11-17(10-14)25(30)31/h3-5,7-11H,1,6H2,2H3,(H,23,26)/b15-7+. The lowest BCUT2D eigenvalue weighted by atomic mass is 10.1. The highest BCUT2D eigenvalue weighted by Gasteiger charge is 2.22. The fourth-order valence-corrected chi connectivity index (χ4v) is 2.52. The van der Waals surface area contributed by atoms with Gasteiger partial charge >= 0.3 is 5.97 Å². The van der Waals surface area contributed by atoms with Crippen molar-refractivity contribution in [1.29, 1.82) is 5.26 Å². The second kappa shape index (κ2) is 10.8. The van der Waals surface area contributed by atoms with Crippen LogP contribution in [0, 0.1) is 31.6 Å². The van der Waals surface area contributed by atoms with Gasteiger partial charge in [0.1, 0.15) is 11.6 Å². The van der Waals surface area contributed by atoms with Crippen molar-refractivity contribution in [2.45, 2.75) is 0 Å². The maximum absolute atomic E-state index is 12.5. The molecular weight excluding hydrogens is 436 g/mol. The summed E-state index contributed by atoms with van der Waals surface area (Å²) in [5.41, 5.74) is -1.52. The Balaban J connectivity index is 2.35. The Kier molecular flexibility index (Phi) is 7.94. The highest BCUT2D eigenvalue weighted by atomic mass is 16.6. The minimum Gasteiger partial charge on any atom is -0.493 e. The van der Waals surface area contributed by atoms with Crippen LogP contribution in [0.15, 0.2) is 54.6 Å². The van der Waals surface area contributed by atoms with Crippen molar-refractivity contribution in [3.05, 3.63) is 86.0 Å². The van der Waals surface area contributed by atoms with Gasteiger partial charge in [0.2, 0.25) is 0 Å². The number of carbonyl (C=O) groups is 2. The van der Waals surface area contributed by atoms with Crippen LogP contribution in [0.1, 0.15) is 15.9 Å². The Morgan fingerprint density at radius 2 is 1.76 bits per heavy atom. The van der Waals surface area contributed by atoms with E-state index in [1.807, 2.05) is 0 Å². The largest absolute Gasteiger partial charge is 0.493 e. The van der Waals surface area contributed by atoms with Gasteiger partial charge in [-0.05, 0) is 23.8 Å². The van der Waals surface area contributed by atoms with Crippen LogP contribution in [0.5, 0.6) is 11.5 Å². The SMILES string of the molecule is C=CCNC(=O)/C(C#N)=C/c1ccc(OC(=O)c2cc([N+](=O)[O-])cc([N+](=O)[O-])c2)c(OC)c1. The number of hydrogen-bond donors (Lipinski definition) is 1. The second-order valence-electron chi connectivity index (χ2n) is 6.22. The molecule has 1 amide bonds. The fourth-order valence-electron chi connectivity index (χ4n) is 2.52. The number of ether oxygens (including phenoxy) is 2. The molecule has 0 unspecified atom stereocenters. The predicted molar refractivity (Wildman–Crippen MR) is 115 cm³/mol. The molecule has 33 heavy (non-hydrogen) atoms. The minimum absolute atomic E-state index is 0.0424. The number of nitro benzene ring substituents is 2. The van der Waals surface area contributed by atoms with E-state index in [1.165, 1.54) is 37.5 Å². The van der Waals surface area contributed by atoms with Gasteiger partial charge in [-0.3, -0.25) is 25.0 Å². The molecule has 2 rings (SSSR count). The number of carbonyl (C=O) groups excluding carboxylic acids is 2. The van der Waals surface area contributed by atoms with Gasteiger partial charge in [-0.15, -0.1) is 6.58 Å². The number of amides is 1. The average Bonchev–Trinajstić information content (AvgIpc) is 2.81. The van der Waals surface area contributed by atoms with Gasteiger partial charge < -0.3 is 14.8 Å². The van der Waals surface area contributed by atoms with Gasteiger partial charge in [0.15, 0.2) is 11.5 Å². The summed E-state index contributed by atoms with van der Waals surface area (Å²) in [6.45, 7) is 3.64. The molecule has 12 nitrogen and oxygen atoms in total. The van der Waals surface area contributed by atoms with E-state index in [2.05, 4.69) is 11.9 Å². The lowest BCUT2D eigenvalue weighted by Gasteiger charge is -2.10. The number of nitriles is 1. The Labute approximate surface area is 186 Å². The molecule has 0 aliphatic heterocycles. The Morgan fingerprint density at radius 1 is 1.12 bits per heavy atom. The van der Waals surface area contributed by atoms with Crippen molar-refractivity contribution in [3.63, 3.8) is 0 Å². The molecule has 0 aliphatic carbocycles. The summed E-state index contributed by atoms with van der Waals surface area (Å²) in [5.74, 6) is -1.76. The van der Waals surface area contributed by atoms with Crippen molar-refractivity contribution in [2.24, 2.45) is 0 Å². The van der Waals surface area contributed by atoms with Crippen LogP contribution in [0.3, 0.4) is 0 Å². The van der Waals surface area contributed by atoms with Gasteiger partial charge in [-0.25, -0.2) is 4.79 Å². The van der Waals surface area contributed by atoms with Crippen molar-refractivity contribution in [3.8, 4) is 17.6 Å². The minimum atomic E-state index is -1.09. The van der Waals surface area contributed by atoms with E-state index in [1.54, 1.807) is 6.07 Å². The zero-order valence-electron chi connectivity index (χ0n) is 17.1. The van der Waals surface area contributed by atoms with Crippen LogP contribution in [0.4, 0.5) is 11.4 Å². The van der Waals surface area contributed by atoms with Crippen LogP contribution in [-0.2, 0) is 4.79 Å². The third-order valence-electron chi connectivity index (χ3n) is 4.03. The second-order valence-corrected chi connectivity index (χ2v) is 6.22. The maximum Gasteiger partial charge on any atom is 0.344 e. The van der Waals surface area contributed by atoms with Crippen molar-refractivity contribution in [1.82, 2.24) is 5.32 Å². The highest BCUT2D eigenvalue weighted by Crippen LogP contribution is 2.31. The fraction of sp³-hybridized carbons (Fsp3) is 0.0952. The number of non-ortho nitro benzene ring substituents is 2. The first kappa shape index (κ1) is 24.2. The number of nitrogens with zero attached hydrogens (tertiary/aromatic N) is 3. The Bertz CT molecular complexity index is 1180. The van der Waals surface area contributed by atoms with E-state index >= 15 is 0 Å². The summed E-state index contributed by atoms with van der Waals surface area (Å²) >= 11 is 0.